The number of ether oxygens (including phenoxy) is 1. The minimum atomic E-state index is -0.857. The zero-order valence-electron chi connectivity index (χ0n) is 8.30. The van der Waals surface area contributed by atoms with E-state index in [1.165, 1.54) is 0 Å². The molecule has 5 heteroatoms. The fourth-order valence-corrected chi connectivity index (χ4v) is 0.936. The van der Waals surface area contributed by atoms with Gasteiger partial charge in [-0.2, -0.15) is 0 Å². The normalized spacial score (nSPS) is 9.31. The van der Waals surface area contributed by atoms with E-state index in [1.807, 2.05) is 0 Å². The molecule has 1 aromatic carbocycles. The van der Waals surface area contributed by atoms with E-state index in [9.17, 15) is 13.6 Å². The third kappa shape index (κ3) is 3.58. The average Bonchev–Trinajstić information content (AvgIpc) is 2.25. The summed E-state index contributed by atoms with van der Waals surface area (Å²) in [6.07, 6.45) is 4.92. The quantitative estimate of drug-likeness (QED) is 0.779. The lowest BCUT2D eigenvalue weighted by atomic mass is 10.3. The number of nitrogens with one attached hydrogen (secondary N) is 1. The Bertz CT molecular complexity index is 426. The van der Waals surface area contributed by atoms with Gasteiger partial charge in [-0.05, 0) is 12.1 Å². The molecule has 1 aromatic rings. The van der Waals surface area contributed by atoms with E-state index in [0.29, 0.717) is 6.07 Å². The van der Waals surface area contributed by atoms with Crippen LogP contribution >= 0.6 is 0 Å². The summed E-state index contributed by atoms with van der Waals surface area (Å²) >= 11 is 0. The maximum absolute atomic E-state index is 13.0. The summed E-state index contributed by atoms with van der Waals surface area (Å²) in [7, 11) is 0. The predicted octanol–water partition coefficient (Wildman–Crippen LogP) is 1.09. The lowest BCUT2D eigenvalue weighted by Crippen LogP contribution is -2.29. The van der Waals surface area contributed by atoms with E-state index in [-0.39, 0.29) is 18.9 Å². The molecule has 1 N–H and O–H groups in total. The highest BCUT2D eigenvalue weighted by molar-refractivity contribution is 5.77. The fraction of sp³-hybridized carbons (Fsp3) is 0.182. The molecule has 0 aliphatic rings. The van der Waals surface area contributed by atoms with Crippen LogP contribution in [0.2, 0.25) is 0 Å². The Balaban J connectivity index is 2.49. The van der Waals surface area contributed by atoms with E-state index in [1.54, 1.807) is 0 Å². The maximum Gasteiger partial charge on any atom is 0.258 e. The molecule has 0 saturated heterocycles. The van der Waals surface area contributed by atoms with Crippen LogP contribution in [0.25, 0.3) is 0 Å². The molecule has 0 aliphatic heterocycles. The van der Waals surface area contributed by atoms with Crippen molar-refractivity contribution < 1.29 is 18.3 Å². The lowest BCUT2D eigenvalue weighted by Gasteiger charge is -2.06. The van der Waals surface area contributed by atoms with Gasteiger partial charge < -0.3 is 10.1 Å². The summed E-state index contributed by atoms with van der Waals surface area (Å²) in [5, 5.41) is 2.34. The van der Waals surface area contributed by atoms with Crippen molar-refractivity contribution >= 4 is 5.91 Å². The van der Waals surface area contributed by atoms with Crippen molar-refractivity contribution in [2.75, 3.05) is 13.2 Å². The van der Waals surface area contributed by atoms with Crippen molar-refractivity contribution in [1.82, 2.24) is 5.32 Å². The standard InChI is InChI=1S/C11H9F2NO2/c1-2-5-14-11(15)7-16-10-4-3-8(12)6-9(10)13/h1,3-4,6H,5,7H2,(H,14,15). The van der Waals surface area contributed by atoms with Crippen molar-refractivity contribution in [3.05, 3.63) is 29.8 Å². The average molecular weight is 225 g/mol. The largest absolute Gasteiger partial charge is 0.481 e. The SMILES string of the molecule is C#CCNC(=O)COc1ccc(F)cc1F. The van der Waals surface area contributed by atoms with E-state index in [2.05, 4.69) is 11.2 Å². The van der Waals surface area contributed by atoms with Gasteiger partial charge in [0, 0.05) is 6.07 Å². The van der Waals surface area contributed by atoms with Crippen molar-refractivity contribution in [2.45, 2.75) is 0 Å². The summed E-state index contributed by atoms with van der Waals surface area (Å²) in [6, 6.07) is 2.82. The van der Waals surface area contributed by atoms with Crippen LogP contribution in [0, 0.1) is 24.0 Å². The Hall–Kier alpha value is -2.09. The third-order valence-electron chi connectivity index (χ3n) is 1.64. The molecule has 0 spiro atoms. The summed E-state index contributed by atoms with van der Waals surface area (Å²) in [4.78, 5) is 11.0. The van der Waals surface area contributed by atoms with Crippen LogP contribution in [0.5, 0.6) is 5.75 Å². The van der Waals surface area contributed by atoms with Gasteiger partial charge in [0.25, 0.3) is 5.91 Å². The van der Waals surface area contributed by atoms with Crippen molar-refractivity contribution in [3.8, 4) is 18.1 Å². The van der Waals surface area contributed by atoms with Gasteiger partial charge in [0.05, 0.1) is 6.54 Å². The molecule has 84 valence electrons. The lowest BCUT2D eigenvalue weighted by molar-refractivity contribution is -0.122. The number of carbonyl (C=O) groups is 1. The summed E-state index contributed by atoms with van der Waals surface area (Å²) < 4.78 is 30.4. The molecular formula is C11H9F2NO2. The van der Waals surface area contributed by atoms with Crippen LogP contribution < -0.4 is 10.1 Å². The smallest absolute Gasteiger partial charge is 0.258 e. The van der Waals surface area contributed by atoms with Gasteiger partial charge in [-0.3, -0.25) is 4.79 Å². The van der Waals surface area contributed by atoms with Gasteiger partial charge in [0.15, 0.2) is 18.2 Å². The number of benzene rings is 1. The molecule has 0 atom stereocenters. The molecule has 16 heavy (non-hydrogen) atoms. The Morgan fingerprint density at radius 1 is 1.50 bits per heavy atom. The zero-order chi connectivity index (χ0) is 12.0. The molecule has 0 aromatic heterocycles. The van der Waals surface area contributed by atoms with Crippen LogP contribution in [0.4, 0.5) is 8.78 Å². The van der Waals surface area contributed by atoms with Crippen LogP contribution in [0.3, 0.4) is 0 Å². The molecule has 0 unspecified atom stereocenters. The highest BCUT2D eigenvalue weighted by Crippen LogP contribution is 2.17. The predicted molar refractivity (Wildman–Crippen MR) is 53.7 cm³/mol. The second kappa shape index (κ2) is 5.71. The van der Waals surface area contributed by atoms with E-state index < -0.39 is 17.5 Å². The van der Waals surface area contributed by atoms with Crippen LogP contribution in [0.1, 0.15) is 0 Å². The zero-order valence-corrected chi connectivity index (χ0v) is 8.30. The number of terminal acetylenes is 1. The molecule has 0 fully saturated rings. The first kappa shape index (κ1) is 12.0. The highest BCUT2D eigenvalue weighted by Gasteiger charge is 2.07. The minimum Gasteiger partial charge on any atom is -0.481 e. The van der Waals surface area contributed by atoms with Crippen molar-refractivity contribution in [1.29, 1.82) is 0 Å². The second-order valence-electron chi connectivity index (χ2n) is 2.84. The first-order chi connectivity index (χ1) is 7.63. The molecule has 1 rings (SSSR count). The molecule has 0 radical (unpaired) electrons. The summed E-state index contributed by atoms with van der Waals surface area (Å²) in [5.41, 5.74) is 0. The second-order valence-corrected chi connectivity index (χ2v) is 2.84. The molecular weight excluding hydrogens is 216 g/mol. The van der Waals surface area contributed by atoms with Crippen LogP contribution in [-0.2, 0) is 4.79 Å². The van der Waals surface area contributed by atoms with Gasteiger partial charge in [-0.25, -0.2) is 8.78 Å². The van der Waals surface area contributed by atoms with E-state index in [0.717, 1.165) is 12.1 Å². The summed E-state index contributed by atoms with van der Waals surface area (Å²) in [5.74, 6) is -0.0128. The third-order valence-corrected chi connectivity index (χ3v) is 1.64. The van der Waals surface area contributed by atoms with E-state index in [4.69, 9.17) is 11.2 Å². The highest BCUT2D eigenvalue weighted by atomic mass is 19.1. The van der Waals surface area contributed by atoms with Crippen LogP contribution in [0.15, 0.2) is 18.2 Å². The first-order valence-corrected chi connectivity index (χ1v) is 4.41. The van der Waals surface area contributed by atoms with Gasteiger partial charge in [-0.1, -0.05) is 5.92 Å². The molecule has 1 amide bonds. The van der Waals surface area contributed by atoms with Gasteiger partial charge in [0.2, 0.25) is 0 Å². The summed E-state index contributed by atoms with van der Waals surface area (Å²) in [6.45, 7) is -0.293. The molecule has 0 aliphatic carbocycles. The Morgan fingerprint density at radius 3 is 2.88 bits per heavy atom. The Morgan fingerprint density at radius 2 is 2.25 bits per heavy atom. The number of rotatable bonds is 4. The first-order valence-electron chi connectivity index (χ1n) is 4.41. The Kier molecular flexibility index (Phi) is 4.28. The van der Waals surface area contributed by atoms with Gasteiger partial charge >= 0.3 is 0 Å². The number of carbonyl (C=O) groups excluding carboxylic acids is 1. The Labute approximate surface area is 91.4 Å². The fourth-order valence-electron chi connectivity index (χ4n) is 0.936. The topological polar surface area (TPSA) is 38.3 Å². The van der Waals surface area contributed by atoms with Crippen molar-refractivity contribution in [2.24, 2.45) is 0 Å². The number of hydrogen-bond donors (Lipinski definition) is 1. The number of halogens is 2. The molecule has 0 saturated carbocycles. The van der Waals surface area contributed by atoms with E-state index >= 15 is 0 Å². The van der Waals surface area contributed by atoms with Crippen molar-refractivity contribution in [3.63, 3.8) is 0 Å². The van der Waals surface area contributed by atoms with Gasteiger partial charge in [-0.15, -0.1) is 6.42 Å². The maximum atomic E-state index is 13.0. The van der Waals surface area contributed by atoms with Crippen LogP contribution in [-0.4, -0.2) is 19.1 Å². The van der Waals surface area contributed by atoms with Gasteiger partial charge in [0.1, 0.15) is 5.82 Å². The molecule has 0 bridgehead atoms. The minimum absolute atomic E-state index is 0.0775. The number of amides is 1. The molecule has 3 nitrogen and oxygen atoms in total. The molecule has 0 heterocycles. The number of hydrogen-bond acceptors (Lipinski definition) is 2. The monoisotopic (exact) mass is 225 g/mol.